The number of fused-ring (bicyclic) bond motifs is 1. The molecule has 21 heavy (non-hydrogen) atoms. The van der Waals surface area contributed by atoms with Crippen molar-refractivity contribution in [3.05, 3.63) is 28.7 Å². The topological polar surface area (TPSA) is 132 Å². The number of H-pyrrole nitrogens is 2. The summed E-state index contributed by atoms with van der Waals surface area (Å²) in [5.74, 6) is -1.17. The van der Waals surface area contributed by atoms with E-state index in [1.54, 1.807) is 0 Å². The summed E-state index contributed by atoms with van der Waals surface area (Å²) in [5, 5.41) is 9.19. The highest BCUT2D eigenvalue weighted by molar-refractivity contribution is 7.89. The number of carbonyl (C=O) groups is 1. The van der Waals surface area contributed by atoms with Gasteiger partial charge >= 0.3 is 11.7 Å². The Morgan fingerprint density at radius 3 is 2.48 bits per heavy atom. The van der Waals surface area contributed by atoms with Crippen LogP contribution in [0.3, 0.4) is 0 Å². The Morgan fingerprint density at radius 1 is 1.24 bits per heavy atom. The molecule has 9 heteroatoms. The molecule has 1 aromatic carbocycles. The molecule has 0 atom stereocenters. The van der Waals surface area contributed by atoms with Crippen LogP contribution in [0, 0.1) is 0 Å². The van der Waals surface area contributed by atoms with Gasteiger partial charge in [0.1, 0.15) is 5.54 Å². The van der Waals surface area contributed by atoms with Gasteiger partial charge in [0.2, 0.25) is 10.0 Å². The largest absolute Gasteiger partial charge is 0.480 e. The predicted molar refractivity (Wildman–Crippen MR) is 73.5 cm³/mol. The zero-order valence-corrected chi connectivity index (χ0v) is 11.7. The fraction of sp³-hybridized carbons (Fsp3) is 0.333. The summed E-state index contributed by atoms with van der Waals surface area (Å²) in [4.78, 5) is 27.3. The molecular formula is C12H13N3O5S. The van der Waals surface area contributed by atoms with Crippen molar-refractivity contribution in [1.29, 1.82) is 0 Å². The number of rotatable bonds is 4. The monoisotopic (exact) mass is 311 g/mol. The molecule has 1 fully saturated rings. The third kappa shape index (κ3) is 2.24. The molecule has 1 heterocycles. The van der Waals surface area contributed by atoms with Crippen LogP contribution >= 0.6 is 0 Å². The fourth-order valence-electron chi connectivity index (χ4n) is 2.38. The van der Waals surface area contributed by atoms with Crippen LogP contribution in [0.5, 0.6) is 0 Å². The number of aromatic nitrogens is 2. The van der Waals surface area contributed by atoms with E-state index in [9.17, 15) is 23.1 Å². The molecule has 1 aromatic heterocycles. The van der Waals surface area contributed by atoms with Crippen molar-refractivity contribution in [3.8, 4) is 0 Å². The number of sulfonamides is 1. The minimum Gasteiger partial charge on any atom is -0.480 e. The molecule has 2 aromatic rings. The molecule has 0 radical (unpaired) electrons. The number of carboxylic acid groups (broad SMARTS) is 1. The Bertz CT molecular complexity index is 876. The molecule has 1 saturated carbocycles. The van der Waals surface area contributed by atoms with Gasteiger partial charge in [-0.05, 0) is 37.5 Å². The summed E-state index contributed by atoms with van der Waals surface area (Å²) in [5.41, 5.74) is -1.02. The van der Waals surface area contributed by atoms with Gasteiger partial charge in [-0.1, -0.05) is 0 Å². The molecule has 112 valence electrons. The first-order valence-corrected chi connectivity index (χ1v) is 7.80. The predicted octanol–water partition coefficient (Wildman–Crippen LogP) is 0.142. The van der Waals surface area contributed by atoms with Gasteiger partial charge in [-0.15, -0.1) is 0 Å². The minimum absolute atomic E-state index is 0.0854. The van der Waals surface area contributed by atoms with E-state index in [0.29, 0.717) is 17.5 Å². The number of aromatic amines is 2. The SMILES string of the molecule is O=C(O)C1(NS(=O)(=O)c2ccc3[nH]c(=O)[nH]c3c2)CCC1. The summed E-state index contributed by atoms with van der Waals surface area (Å²) >= 11 is 0. The third-order valence-corrected chi connectivity index (χ3v) is 5.28. The Morgan fingerprint density at radius 2 is 1.90 bits per heavy atom. The van der Waals surface area contributed by atoms with Crippen molar-refractivity contribution in [2.45, 2.75) is 29.7 Å². The number of hydrogen-bond acceptors (Lipinski definition) is 4. The van der Waals surface area contributed by atoms with Crippen LogP contribution in [-0.4, -0.2) is 35.0 Å². The number of hydrogen-bond donors (Lipinski definition) is 4. The number of imidazole rings is 1. The van der Waals surface area contributed by atoms with E-state index < -0.39 is 27.2 Å². The number of nitrogens with one attached hydrogen (secondary N) is 3. The van der Waals surface area contributed by atoms with E-state index in [1.165, 1.54) is 18.2 Å². The fourth-order valence-corrected chi connectivity index (χ4v) is 3.83. The highest BCUT2D eigenvalue weighted by Crippen LogP contribution is 2.33. The van der Waals surface area contributed by atoms with E-state index in [-0.39, 0.29) is 17.7 Å². The molecule has 0 unspecified atom stereocenters. The zero-order chi connectivity index (χ0) is 15.3. The Hall–Kier alpha value is -2.13. The molecule has 0 saturated heterocycles. The van der Waals surface area contributed by atoms with Crippen molar-refractivity contribution in [2.24, 2.45) is 0 Å². The Balaban J connectivity index is 1.99. The molecule has 0 aliphatic heterocycles. The normalized spacial score (nSPS) is 17.5. The van der Waals surface area contributed by atoms with Gasteiger partial charge in [0.25, 0.3) is 0 Å². The molecule has 8 nitrogen and oxygen atoms in total. The van der Waals surface area contributed by atoms with Crippen LogP contribution < -0.4 is 10.4 Å². The minimum atomic E-state index is -3.97. The van der Waals surface area contributed by atoms with E-state index in [4.69, 9.17) is 0 Å². The molecule has 0 amide bonds. The first-order chi connectivity index (χ1) is 9.82. The van der Waals surface area contributed by atoms with E-state index >= 15 is 0 Å². The van der Waals surface area contributed by atoms with Crippen molar-refractivity contribution in [1.82, 2.24) is 14.7 Å². The second-order valence-electron chi connectivity index (χ2n) is 5.13. The maximum atomic E-state index is 12.3. The van der Waals surface area contributed by atoms with E-state index in [1.807, 2.05) is 0 Å². The van der Waals surface area contributed by atoms with Crippen molar-refractivity contribution in [2.75, 3.05) is 0 Å². The van der Waals surface area contributed by atoms with E-state index in [0.717, 1.165) is 0 Å². The highest BCUT2D eigenvalue weighted by atomic mass is 32.2. The van der Waals surface area contributed by atoms with Crippen LogP contribution in [0.15, 0.2) is 27.9 Å². The quantitative estimate of drug-likeness (QED) is 0.637. The summed E-state index contributed by atoms with van der Waals surface area (Å²) in [6.07, 6.45) is 1.20. The van der Waals surface area contributed by atoms with Crippen LogP contribution in [0.25, 0.3) is 11.0 Å². The van der Waals surface area contributed by atoms with Crippen LogP contribution in [-0.2, 0) is 14.8 Å². The summed E-state index contributed by atoms with van der Waals surface area (Å²) in [6.45, 7) is 0. The van der Waals surface area contributed by atoms with E-state index in [2.05, 4.69) is 14.7 Å². The first kappa shape index (κ1) is 13.8. The van der Waals surface area contributed by atoms with Gasteiger partial charge in [0.15, 0.2) is 0 Å². The first-order valence-electron chi connectivity index (χ1n) is 6.32. The lowest BCUT2D eigenvalue weighted by molar-refractivity contribution is -0.147. The van der Waals surface area contributed by atoms with Gasteiger partial charge in [-0.2, -0.15) is 4.72 Å². The number of benzene rings is 1. The molecule has 4 N–H and O–H groups in total. The van der Waals surface area contributed by atoms with Gasteiger partial charge < -0.3 is 15.1 Å². The van der Waals surface area contributed by atoms with Crippen LogP contribution in [0.2, 0.25) is 0 Å². The van der Waals surface area contributed by atoms with Crippen LogP contribution in [0.4, 0.5) is 0 Å². The smallest absolute Gasteiger partial charge is 0.324 e. The van der Waals surface area contributed by atoms with Gasteiger partial charge in [0.05, 0.1) is 15.9 Å². The number of carboxylic acids is 1. The molecule has 1 aliphatic carbocycles. The van der Waals surface area contributed by atoms with Crippen molar-refractivity contribution >= 4 is 27.0 Å². The van der Waals surface area contributed by atoms with Crippen molar-refractivity contribution < 1.29 is 18.3 Å². The Labute approximate surface area is 119 Å². The van der Waals surface area contributed by atoms with Gasteiger partial charge in [-0.25, -0.2) is 13.2 Å². The Kier molecular flexibility index (Phi) is 2.92. The second-order valence-corrected chi connectivity index (χ2v) is 6.82. The van der Waals surface area contributed by atoms with Crippen LogP contribution in [0.1, 0.15) is 19.3 Å². The molecule has 1 aliphatic rings. The van der Waals surface area contributed by atoms with Gasteiger partial charge in [0, 0.05) is 0 Å². The molecular weight excluding hydrogens is 298 g/mol. The second kappa shape index (κ2) is 4.43. The molecule has 3 rings (SSSR count). The zero-order valence-electron chi connectivity index (χ0n) is 10.8. The standard InChI is InChI=1S/C12H13N3O5S/c16-10(17)12(4-1-5-12)15-21(19,20)7-2-3-8-9(6-7)14-11(18)13-8/h2-3,6,15H,1,4-5H2,(H,16,17)(H2,13,14,18). The molecule has 0 spiro atoms. The lowest BCUT2D eigenvalue weighted by Crippen LogP contribution is -2.58. The molecule has 0 bridgehead atoms. The summed E-state index contributed by atoms with van der Waals surface area (Å²) in [6, 6.07) is 4.07. The average molecular weight is 311 g/mol. The lowest BCUT2D eigenvalue weighted by Gasteiger charge is -2.37. The summed E-state index contributed by atoms with van der Waals surface area (Å²) in [7, 11) is -3.97. The maximum Gasteiger partial charge on any atom is 0.324 e. The summed E-state index contributed by atoms with van der Waals surface area (Å²) < 4.78 is 26.9. The van der Waals surface area contributed by atoms with Gasteiger partial charge in [-0.3, -0.25) is 4.79 Å². The highest BCUT2D eigenvalue weighted by Gasteiger charge is 2.47. The third-order valence-electron chi connectivity index (χ3n) is 3.74. The lowest BCUT2D eigenvalue weighted by atomic mass is 9.78. The van der Waals surface area contributed by atoms with Crippen molar-refractivity contribution in [3.63, 3.8) is 0 Å². The average Bonchev–Trinajstić information content (AvgIpc) is 2.72. The maximum absolute atomic E-state index is 12.3. The number of aliphatic carboxylic acids is 1.